The number of esters is 1. The zero-order chi connectivity index (χ0) is 21.6. The molecule has 7 nitrogen and oxygen atoms in total. The Morgan fingerprint density at radius 2 is 1.67 bits per heavy atom. The number of hydrogen-bond donors (Lipinski definition) is 1. The molecule has 3 aliphatic rings. The van der Waals surface area contributed by atoms with Crippen molar-refractivity contribution in [2.45, 2.75) is 12.6 Å². The number of carbonyl (C=O) groups excluding carboxylic acids is 4. The van der Waals surface area contributed by atoms with Crippen LogP contribution in [0.5, 0.6) is 0 Å². The van der Waals surface area contributed by atoms with Gasteiger partial charge in [-0.15, -0.1) is 0 Å². The van der Waals surface area contributed by atoms with Gasteiger partial charge in [0.15, 0.2) is 6.61 Å². The van der Waals surface area contributed by atoms with E-state index in [1.54, 1.807) is 0 Å². The first-order valence-corrected chi connectivity index (χ1v) is 9.32. The Balaban J connectivity index is 1.31. The van der Waals surface area contributed by atoms with Gasteiger partial charge in [-0.25, -0.2) is 0 Å². The number of nitrogens with one attached hydrogen (secondary N) is 1. The molecule has 0 aromatic heterocycles. The van der Waals surface area contributed by atoms with Crippen LogP contribution in [0.4, 0.5) is 18.9 Å². The molecule has 1 aromatic carbocycles. The van der Waals surface area contributed by atoms with Gasteiger partial charge in [0, 0.05) is 0 Å². The third-order valence-corrected chi connectivity index (χ3v) is 5.72. The zero-order valence-corrected chi connectivity index (χ0v) is 15.5. The second-order valence-electron chi connectivity index (χ2n) is 7.51. The van der Waals surface area contributed by atoms with Crippen LogP contribution in [0, 0.1) is 23.7 Å². The monoisotopic (exact) mass is 422 g/mol. The van der Waals surface area contributed by atoms with Gasteiger partial charge in [0.25, 0.3) is 5.91 Å². The number of rotatable bonds is 5. The lowest BCUT2D eigenvalue weighted by Crippen LogP contribution is -2.38. The van der Waals surface area contributed by atoms with Crippen LogP contribution < -0.4 is 5.32 Å². The molecule has 2 aliphatic carbocycles. The number of amides is 3. The number of alkyl halides is 3. The van der Waals surface area contributed by atoms with Crippen LogP contribution in [0.3, 0.4) is 0 Å². The molecular weight excluding hydrogens is 405 g/mol. The van der Waals surface area contributed by atoms with Crippen molar-refractivity contribution in [3.05, 3.63) is 42.0 Å². The van der Waals surface area contributed by atoms with Crippen molar-refractivity contribution in [1.82, 2.24) is 4.90 Å². The lowest BCUT2D eigenvalue weighted by Gasteiger charge is -2.16. The Labute approximate surface area is 168 Å². The molecule has 1 aromatic rings. The molecule has 1 saturated carbocycles. The van der Waals surface area contributed by atoms with Gasteiger partial charge in [0.2, 0.25) is 11.8 Å². The van der Waals surface area contributed by atoms with Gasteiger partial charge in [-0.2, -0.15) is 13.2 Å². The van der Waals surface area contributed by atoms with Gasteiger partial charge in [0.1, 0.15) is 6.54 Å². The van der Waals surface area contributed by atoms with Crippen LogP contribution in [0.25, 0.3) is 0 Å². The van der Waals surface area contributed by atoms with Crippen molar-refractivity contribution < 1.29 is 37.1 Å². The first-order chi connectivity index (χ1) is 14.2. The molecule has 0 unspecified atom stereocenters. The largest absolute Gasteiger partial charge is 0.454 e. The summed E-state index contributed by atoms with van der Waals surface area (Å²) in [6.07, 6.45) is -0.0715. The number of benzene rings is 1. The molecule has 158 valence electrons. The second-order valence-corrected chi connectivity index (χ2v) is 7.51. The average molecular weight is 422 g/mol. The van der Waals surface area contributed by atoms with Gasteiger partial charge in [-0.05, 0) is 30.4 Å². The highest BCUT2D eigenvalue weighted by Gasteiger charge is 2.59. The standard InChI is InChI=1S/C20H17F3N2O5/c21-20(22,23)12-3-1-2-4-13(12)24-14(26)9-30-15(27)8-25-18(28)16-10-5-6-11(7-10)17(16)19(25)29/h1-6,10-11,16-17H,7-9H2,(H,24,26)/t10-,11-,16-,17-/m0/s1. The quantitative estimate of drug-likeness (QED) is 0.445. The Morgan fingerprint density at radius 3 is 2.27 bits per heavy atom. The van der Waals surface area contributed by atoms with Crippen molar-refractivity contribution in [3.63, 3.8) is 0 Å². The van der Waals surface area contributed by atoms with Crippen LogP contribution >= 0.6 is 0 Å². The highest BCUT2D eigenvalue weighted by Crippen LogP contribution is 2.52. The topological polar surface area (TPSA) is 92.8 Å². The third-order valence-electron chi connectivity index (χ3n) is 5.72. The smallest absolute Gasteiger partial charge is 0.418 e. The number of imide groups is 1. The molecule has 3 amide bonds. The second kappa shape index (κ2) is 7.26. The van der Waals surface area contributed by atoms with Gasteiger partial charge < -0.3 is 10.1 Å². The van der Waals surface area contributed by atoms with E-state index in [2.05, 4.69) is 0 Å². The molecule has 4 atom stereocenters. The lowest BCUT2D eigenvalue weighted by atomic mass is 9.85. The van der Waals surface area contributed by atoms with E-state index in [9.17, 15) is 32.3 Å². The highest BCUT2D eigenvalue weighted by atomic mass is 19.4. The fourth-order valence-corrected chi connectivity index (χ4v) is 4.47. The molecule has 1 aliphatic heterocycles. The minimum atomic E-state index is -4.66. The summed E-state index contributed by atoms with van der Waals surface area (Å²) in [6.45, 7) is -1.47. The number of halogens is 3. The van der Waals surface area contributed by atoms with E-state index < -0.39 is 66.1 Å². The van der Waals surface area contributed by atoms with Crippen LogP contribution in [0.15, 0.2) is 36.4 Å². The summed E-state index contributed by atoms with van der Waals surface area (Å²) in [6, 6.07) is 4.39. The molecule has 1 heterocycles. The van der Waals surface area contributed by atoms with Crippen LogP contribution in [-0.4, -0.2) is 41.7 Å². The minimum Gasteiger partial charge on any atom is -0.454 e. The Kier molecular flexibility index (Phi) is 4.87. The van der Waals surface area contributed by atoms with Crippen molar-refractivity contribution in [2.75, 3.05) is 18.5 Å². The van der Waals surface area contributed by atoms with E-state index in [0.717, 1.165) is 23.5 Å². The van der Waals surface area contributed by atoms with Crippen molar-refractivity contribution in [2.24, 2.45) is 23.7 Å². The van der Waals surface area contributed by atoms with E-state index >= 15 is 0 Å². The molecule has 1 saturated heterocycles. The minimum absolute atomic E-state index is 0.00282. The molecule has 1 N–H and O–H groups in total. The molecule has 10 heteroatoms. The third kappa shape index (κ3) is 3.46. The average Bonchev–Trinajstić information content (AvgIpc) is 3.36. The van der Waals surface area contributed by atoms with Crippen LogP contribution in [0.2, 0.25) is 0 Å². The molecular formula is C20H17F3N2O5. The zero-order valence-electron chi connectivity index (χ0n) is 15.5. The molecule has 30 heavy (non-hydrogen) atoms. The normalized spacial score (nSPS) is 26.8. The van der Waals surface area contributed by atoms with Crippen LogP contribution in [0.1, 0.15) is 12.0 Å². The van der Waals surface area contributed by atoms with Crippen molar-refractivity contribution >= 4 is 29.4 Å². The summed E-state index contributed by atoms with van der Waals surface area (Å²) in [4.78, 5) is 49.8. The maximum atomic E-state index is 13.0. The van der Waals surface area contributed by atoms with E-state index in [-0.39, 0.29) is 11.8 Å². The fourth-order valence-electron chi connectivity index (χ4n) is 4.47. The number of para-hydroxylation sites is 1. The summed E-state index contributed by atoms with van der Waals surface area (Å²) in [5, 5.41) is 2.04. The Bertz CT molecular complexity index is 928. The number of fused-ring (bicyclic) bond motifs is 5. The van der Waals surface area contributed by atoms with E-state index in [1.807, 2.05) is 17.5 Å². The molecule has 2 bridgehead atoms. The van der Waals surface area contributed by atoms with E-state index in [0.29, 0.717) is 0 Å². The number of carbonyl (C=O) groups is 4. The molecule has 2 fully saturated rings. The molecule has 0 spiro atoms. The summed E-state index contributed by atoms with van der Waals surface area (Å²) >= 11 is 0. The number of hydrogen-bond acceptors (Lipinski definition) is 5. The Morgan fingerprint density at radius 1 is 1.07 bits per heavy atom. The number of nitrogens with zero attached hydrogens (tertiary/aromatic N) is 1. The first-order valence-electron chi connectivity index (χ1n) is 9.32. The highest BCUT2D eigenvalue weighted by molar-refractivity contribution is 6.08. The van der Waals surface area contributed by atoms with E-state index in [1.165, 1.54) is 12.1 Å². The number of ether oxygens (including phenoxy) is 1. The number of allylic oxidation sites excluding steroid dienone is 2. The van der Waals surface area contributed by atoms with Gasteiger partial charge in [-0.3, -0.25) is 24.1 Å². The number of anilines is 1. The maximum absolute atomic E-state index is 13.0. The summed E-state index contributed by atoms with van der Waals surface area (Å²) in [7, 11) is 0. The van der Waals surface area contributed by atoms with E-state index in [4.69, 9.17) is 4.74 Å². The number of likely N-dealkylation sites (tertiary alicyclic amines) is 1. The molecule has 4 rings (SSSR count). The van der Waals surface area contributed by atoms with Gasteiger partial charge >= 0.3 is 12.1 Å². The summed E-state index contributed by atoms with van der Waals surface area (Å²) in [5.74, 6) is -3.74. The maximum Gasteiger partial charge on any atom is 0.418 e. The van der Waals surface area contributed by atoms with Crippen LogP contribution in [-0.2, 0) is 30.1 Å². The van der Waals surface area contributed by atoms with Gasteiger partial charge in [0.05, 0.1) is 23.1 Å². The SMILES string of the molecule is O=C(COC(=O)CN1C(=O)[C@@H]2[C@@H](C1=O)[C@H]1C=C[C@H]2C1)Nc1ccccc1C(F)(F)F. The van der Waals surface area contributed by atoms with Crippen molar-refractivity contribution in [1.29, 1.82) is 0 Å². The van der Waals surface area contributed by atoms with Gasteiger partial charge in [-0.1, -0.05) is 24.3 Å². The summed E-state index contributed by atoms with van der Waals surface area (Å²) < 4.78 is 43.6. The first kappa shape index (κ1) is 20.1. The Hall–Kier alpha value is -3.17. The lowest BCUT2D eigenvalue weighted by molar-refractivity contribution is -0.154. The molecule has 0 radical (unpaired) electrons. The van der Waals surface area contributed by atoms with Crippen molar-refractivity contribution in [3.8, 4) is 0 Å². The summed E-state index contributed by atoms with van der Waals surface area (Å²) in [5.41, 5.74) is -1.50. The fraction of sp³-hybridized carbons (Fsp3) is 0.400. The predicted molar refractivity (Wildman–Crippen MR) is 95.5 cm³/mol. The predicted octanol–water partition coefficient (Wildman–Crippen LogP) is 1.99.